The summed E-state index contributed by atoms with van der Waals surface area (Å²) in [5, 5.41) is 6.98. The number of hydrogen-bond donors (Lipinski definition) is 3. The van der Waals surface area contributed by atoms with Crippen LogP contribution in [0.25, 0.3) is 0 Å². The van der Waals surface area contributed by atoms with Gasteiger partial charge in [-0.2, -0.15) is 0 Å². The summed E-state index contributed by atoms with van der Waals surface area (Å²) in [4.78, 5) is 48.0. The molecule has 1 aromatic carbocycles. The molecule has 0 saturated carbocycles. The van der Waals surface area contributed by atoms with E-state index in [0.29, 0.717) is 10.7 Å². The molecule has 10 heteroatoms. The Bertz CT molecular complexity index is 869. The standard InChI is InChI=1S/C19H21N3O6S/c1-12(17(24)22-19(26)20-2)28-18(25)14-7-3-4-8-15(14)29-11-16(23)21-10-13-6-5-9-27-13/h3-9,12H,10-11H2,1-2H3,(H,21,23)(H2,20,22,24,26)/t12-/m1/s1. The summed E-state index contributed by atoms with van der Waals surface area (Å²) in [5.41, 5.74) is 0.218. The van der Waals surface area contributed by atoms with Crippen LogP contribution >= 0.6 is 11.8 Å². The van der Waals surface area contributed by atoms with E-state index in [2.05, 4.69) is 10.6 Å². The zero-order valence-electron chi connectivity index (χ0n) is 15.9. The molecule has 3 N–H and O–H groups in total. The number of urea groups is 1. The lowest BCUT2D eigenvalue weighted by molar-refractivity contribution is -0.128. The molecule has 0 unspecified atom stereocenters. The molecular formula is C19H21N3O6S. The van der Waals surface area contributed by atoms with Gasteiger partial charge in [-0.15, -0.1) is 11.8 Å². The number of thioether (sulfide) groups is 1. The van der Waals surface area contributed by atoms with Gasteiger partial charge in [-0.05, 0) is 31.2 Å². The van der Waals surface area contributed by atoms with Crippen LogP contribution in [0.3, 0.4) is 0 Å². The predicted octanol–water partition coefficient (Wildman–Crippen LogP) is 1.69. The van der Waals surface area contributed by atoms with Gasteiger partial charge in [-0.3, -0.25) is 14.9 Å². The monoisotopic (exact) mass is 419 g/mol. The molecule has 1 atom stereocenters. The molecule has 9 nitrogen and oxygen atoms in total. The molecule has 1 heterocycles. The second-order valence-corrected chi connectivity index (χ2v) is 6.77. The second-order valence-electron chi connectivity index (χ2n) is 5.76. The molecular weight excluding hydrogens is 398 g/mol. The van der Waals surface area contributed by atoms with E-state index in [1.807, 2.05) is 5.32 Å². The van der Waals surface area contributed by atoms with E-state index < -0.39 is 24.0 Å². The summed E-state index contributed by atoms with van der Waals surface area (Å²) in [5.74, 6) is -0.995. The lowest BCUT2D eigenvalue weighted by atomic mass is 10.2. The van der Waals surface area contributed by atoms with Gasteiger partial charge in [0, 0.05) is 11.9 Å². The minimum Gasteiger partial charge on any atom is -0.467 e. The SMILES string of the molecule is CNC(=O)NC(=O)[C@@H](C)OC(=O)c1ccccc1SCC(=O)NCc1ccco1. The number of rotatable bonds is 8. The third kappa shape index (κ3) is 7.00. The molecule has 29 heavy (non-hydrogen) atoms. The fourth-order valence-electron chi connectivity index (χ4n) is 2.11. The van der Waals surface area contributed by atoms with Crippen LogP contribution in [-0.2, 0) is 20.9 Å². The maximum atomic E-state index is 12.4. The number of imide groups is 1. The van der Waals surface area contributed by atoms with Crippen LogP contribution < -0.4 is 16.0 Å². The molecule has 2 aromatic rings. The zero-order chi connectivity index (χ0) is 21.2. The van der Waals surface area contributed by atoms with Gasteiger partial charge in [-0.25, -0.2) is 9.59 Å². The molecule has 0 aliphatic rings. The van der Waals surface area contributed by atoms with Gasteiger partial charge in [0.25, 0.3) is 5.91 Å². The summed E-state index contributed by atoms with van der Waals surface area (Å²) in [6.07, 6.45) is 0.350. The maximum absolute atomic E-state index is 12.4. The Hall–Kier alpha value is -3.27. The van der Waals surface area contributed by atoms with Gasteiger partial charge < -0.3 is 19.8 Å². The third-order valence-electron chi connectivity index (χ3n) is 3.62. The molecule has 1 aromatic heterocycles. The van der Waals surface area contributed by atoms with Crippen molar-refractivity contribution in [3.05, 3.63) is 54.0 Å². The summed E-state index contributed by atoms with van der Waals surface area (Å²) in [7, 11) is 1.36. The molecule has 0 saturated heterocycles. The van der Waals surface area contributed by atoms with E-state index in [4.69, 9.17) is 9.15 Å². The first-order valence-electron chi connectivity index (χ1n) is 8.65. The summed E-state index contributed by atoms with van der Waals surface area (Å²) >= 11 is 1.16. The van der Waals surface area contributed by atoms with E-state index in [1.165, 1.54) is 26.3 Å². The number of benzene rings is 1. The predicted molar refractivity (Wildman–Crippen MR) is 105 cm³/mol. The average molecular weight is 419 g/mol. The number of furan rings is 1. The first-order valence-corrected chi connectivity index (χ1v) is 9.63. The van der Waals surface area contributed by atoms with Crippen molar-refractivity contribution in [3.63, 3.8) is 0 Å². The van der Waals surface area contributed by atoms with E-state index in [1.54, 1.807) is 30.3 Å². The Morgan fingerprint density at radius 2 is 1.90 bits per heavy atom. The van der Waals surface area contributed by atoms with Crippen LogP contribution in [0.5, 0.6) is 0 Å². The van der Waals surface area contributed by atoms with Crippen molar-refractivity contribution < 1.29 is 28.3 Å². The highest BCUT2D eigenvalue weighted by molar-refractivity contribution is 8.00. The number of ether oxygens (including phenoxy) is 1. The highest BCUT2D eigenvalue weighted by atomic mass is 32.2. The quantitative estimate of drug-likeness (QED) is 0.439. The van der Waals surface area contributed by atoms with Crippen molar-refractivity contribution in [2.24, 2.45) is 0 Å². The molecule has 154 valence electrons. The van der Waals surface area contributed by atoms with E-state index in [0.717, 1.165) is 11.8 Å². The Balaban J connectivity index is 1.91. The third-order valence-corrected chi connectivity index (χ3v) is 4.70. The Morgan fingerprint density at radius 1 is 1.14 bits per heavy atom. The molecule has 0 bridgehead atoms. The van der Waals surface area contributed by atoms with E-state index >= 15 is 0 Å². The van der Waals surface area contributed by atoms with E-state index in [9.17, 15) is 19.2 Å². The minimum absolute atomic E-state index is 0.0811. The van der Waals surface area contributed by atoms with Crippen molar-refractivity contribution in [2.75, 3.05) is 12.8 Å². The van der Waals surface area contributed by atoms with Gasteiger partial charge in [0.15, 0.2) is 6.10 Å². The molecule has 4 amide bonds. The van der Waals surface area contributed by atoms with Gasteiger partial charge in [0.1, 0.15) is 5.76 Å². The van der Waals surface area contributed by atoms with Crippen molar-refractivity contribution in [3.8, 4) is 0 Å². The van der Waals surface area contributed by atoms with Gasteiger partial charge in [0.05, 0.1) is 24.1 Å². The Morgan fingerprint density at radius 3 is 2.59 bits per heavy atom. The number of amides is 4. The topological polar surface area (TPSA) is 127 Å². The number of esters is 1. The van der Waals surface area contributed by atoms with Crippen molar-refractivity contribution in [2.45, 2.75) is 24.5 Å². The zero-order valence-corrected chi connectivity index (χ0v) is 16.7. The maximum Gasteiger partial charge on any atom is 0.340 e. The van der Waals surface area contributed by atoms with Crippen LogP contribution in [-0.4, -0.2) is 42.7 Å². The smallest absolute Gasteiger partial charge is 0.340 e. The fourth-order valence-corrected chi connectivity index (χ4v) is 2.98. The normalized spacial score (nSPS) is 11.2. The Labute approximate surface area is 171 Å². The average Bonchev–Trinajstić information content (AvgIpc) is 3.24. The van der Waals surface area contributed by atoms with Gasteiger partial charge >= 0.3 is 12.0 Å². The molecule has 0 aliphatic carbocycles. The lowest BCUT2D eigenvalue weighted by Crippen LogP contribution is -2.43. The van der Waals surface area contributed by atoms with Gasteiger partial charge in [-0.1, -0.05) is 12.1 Å². The molecule has 0 radical (unpaired) electrons. The first kappa shape index (κ1) is 22.0. The minimum atomic E-state index is -1.17. The highest BCUT2D eigenvalue weighted by Gasteiger charge is 2.22. The van der Waals surface area contributed by atoms with E-state index in [-0.39, 0.29) is 23.8 Å². The number of carbonyl (C=O) groups excluding carboxylic acids is 4. The molecule has 0 aliphatic heterocycles. The number of nitrogens with one attached hydrogen (secondary N) is 3. The fraction of sp³-hybridized carbons (Fsp3) is 0.263. The van der Waals surface area contributed by atoms with Crippen LogP contribution in [0.1, 0.15) is 23.0 Å². The largest absolute Gasteiger partial charge is 0.467 e. The van der Waals surface area contributed by atoms with Gasteiger partial charge in [0.2, 0.25) is 5.91 Å². The molecule has 0 spiro atoms. The number of hydrogen-bond acceptors (Lipinski definition) is 7. The van der Waals surface area contributed by atoms with Crippen LogP contribution in [0.4, 0.5) is 4.79 Å². The summed E-state index contributed by atoms with van der Waals surface area (Å²) < 4.78 is 10.3. The van der Waals surface area contributed by atoms with Crippen molar-refractivity contribution in [1.29, 1.82) is 0 Å². The summed E-state index contributed by atoms with van der Waals surface area (Å²) in [6, 6.07) is 9.36. The van der Waals surface area contributed by atoms with Crippen molar-refractivity contribution >= 4 is 35.6 Å². The second kappa shape index (κ2) is 10.9. The highest BCUT2D eigenvalue weighted by Crippen LogP contribution is 2.23. The van der Waals surface area contributed by atoms with Crippen LogP contribution in [0.2, 0.25) is 0 Å². The lowest BCUT2D eigenvalue weighted by Gasteiger charge is -2.14. The Kier molecular flexibility index (Phi) is 8.28. The molecule has 2 rings (SSSR count). The van der Waals surface area contributed by atoms with Crippen molar-refractivity contribution in [1.82, 2.24) is 16.0 Å². The first-order chi connectivity index (χ1) is 13.9. The van der Waals surface area contributed by atoms with Crippen LogP contribution in [0, 0.1) is 0 Å². The number of carbonyl (C=O) groups is 4. The summed E-state index contributed by atoms with van der Waals surface area (Å²) in [6.45, 7) is 1.63. The molecule has 0 fully saturated rings. The van der Waals surface area contributed by atoms with Crippen LogP contribution in [0.15, 0.2) is 52.0 Å².